The quantitative estimate of drug-likeness (QED) is 0.419. The summed E-state index contributed by atoms with van der Waals surface area (Å²) in [6.45, 7) is 2.09. The van der Waals surface area contributed by atoms with Crippen LogP contribution in [0.25, 0.3) is 0 Å². The molecule has 0 heterocycles. The highest BCUT2D eigenvalue weighted by Crippen LogP contribution is 2.30. The van der Waals surface area contributed by atoms with Gasteiger partial charge in [0.1, 0.15) is 0 Å². The fraction of sp³-hybridized carbons (Fsp3) is 0.500. The molecule has 8 heavy (non-hydrogen) atoms. The molecule has 0 aromatic carbocycles. The van der Waals surface area contributed by atoms with Crippen LogP contribution in [0.2, 0.25) is 0 Å². The maximum absolute atomic E-state index is 6.84. The lowest BCUT2D eigenvalue weighted by Crippen LogP contribution is -2.07. The minimum Gasteiger partial charge on any atom is -0.339 e. The Morgan fingerprint density at radius 2 is 2.25 bits per heavy atom. The number of hydrogen-bond acceptors (Lipinski definition) is 1. The summed E-state index contributed by atoms with van der Waals surface area (Å²) in [5.41, 5.74) is 2.72. The predicted molar refractivity (Wildman–Crippen MR) is 33.9 cm³/mol. The molecule has 0 aromatic rings. The average molecular weight is 110 g/mol. The van der Waals surface area contributed by atoms with Gasteiger partial charge in [0.05, 0.1) is 6.34 Å². The van der Waals surface area contributed by atoms with Crippen LogP contribution in [0.3, 0.4) is 0 Å². The summed E-state index contributed by atoms with van der Waals surface area (Å²) in [4.78, 5) is 1.84. The van der Waals surface area contributed by atoms with E-state index in [1.54, 1.807) is 0 Å². The van der Waals surface area contributed by atoms with E-state index < -0.39 is 0 Å². The molecular formula is C6H10N2. The Kier molecular flexibility index (Phi) is 1.08. The van der Waals surface area contributed by atoms with Crippen LogP contribution in [0, 0.1) is 5.41 Å². The van der Waals surface area contributed by atoms with Gasteiger partial charge < -0.3 is 4.90 Å². The number of nitrogens with one attached hydrogen (secondary N) is 1. The summed E-state index contributed by atoms with van der Waals surface area (Å²) in [5, 5.41) is 6.84. The third-order valence-corrected chi connectivity index (χ3v) is 1.42. The molecule has 0 fully saturated rings. The fourth-order valence-electron chi connectivity index (χ4n) is 0.711. The van der Waals surface area contributed by atoms with Crippen molar-refractivity contribution >= 4 is 6.34 Å². The Balaban J connectivity index is 2.50. The van der Waals surface area contributed by atoms with Gasteiger partial charge in [-0.25, -0.2) is 0 Å². The summed E-state index contributed by atoms with van der Waals surface area (Å²) >= 11 is 0. The zero-order chi connectivity index (χ0) is 6.15. The molecule has 0 aromatic heterocycles. The first-order chi connectivity index (χ1) is 3.75. The van der Waals surface area contributed by atoms with Crippen LogP contribution < -0.4 is 0 Å². The SMILES string of the molecule is CC1=C(N(C)C=N)C1. The lowest BCUT2D eigenvalue weighted by molar-refractivity contribution is 0.666. The molecule has 0 saturated carbocycles. The van der Waals surface area contributed by atoms with Crippen LogP contribution in [0.5, 0.6) is 0 Å². The summed E-state index contributed by atoms with van der Waals surface area (Å²) < 4.78 is 0. The molecule has 0 atom stereocenters. The molecule has 2 heteroatoms. The Hall–Kier alpha value is -0.790. The van der Waals surface area contributed by atoms with Crippen LogP contribution in [0.1, 0.15) is 13.3 Å². The third-order valence-electron chi connectivity index (χ3n) is 1.42. The number of nitrogens with zero attached hydrogens (tertiary/aromatic N) is 1. The van der Waals surface area contributed by atoms with Crippen molar-refractivity contribution in [2.24, 2.45) is 0 Å². The molecule has 1 rings (SSSR count). The smallest absolute Gasteiger partial charge is 0.0856 e. The van der Waals surface area contributed by atoms with E-state index >= 15 is 0 Å². The van der Waals surface area contributed by atoms with Crippen molar-refractivity contribution in [1.82, 2.24) is 4.90 Å². The van der Waals surface area contributed by atoms with Gasteiger partial charge in [0, 0.05) is 19.2 Å². The van der Waals surface area contributed by atoms with Gasteiger partial charge in [-0.3, -0.25) is 5.41 Å². The van der Waals surface area contributed by atoms with Crippen molar-refractivity contribution in [3.63, 3.8) is 0 Å². The molecular weight excluding hydrogens is 100 g/mol. The molecule has 0 spiro atoms. The molecule has 0 aliphatic heterocycles. The van der Waals surface area contributed by atoms with Gasteiger partial charge in [0.2, 0.25) is 0 Å². The standard InChI is InChI=1S/C6H10N2/c1-5-3-6(5)8(2)4-7/h4,7H,3H2,1-2H3. The Labute approximate surface area is 49.3 Å². The van der Waals surface area contributed by atoms with E-state index in [0.717, 1.165) is 6.42 Å². The first kappa shape index (κ1) is 5.35. The fourth-order valence-corrected chi connectivity index (χ4v) is 0.711. The van der Waals surface area contributed by atoms with Gasteiger partial charge in [0.25, 0.3) is 0 Å². The van der Waals surface area contributed by atoms with Gasteiger partial charge in [-0.2, -0.15) is 0 Å². The molecule has 1 N–H and O–H groups in total. The molecule has 44 valence electrons. The van der Waals surface area contributed by atoms with E-state index in [0.29, 0.717) is 0 Å². The van der Waals surface area contributed by atoms with Crippen molar-refractivity contribution in [3.8, 4) is 0 Å². The maximum Gasteiger partial charge on any atom is 0.0856 e. The van der Waals surface area contributed by atoms with Crippen molar-refractivity contribution in [2.45, 2.75) is 13.3 Å². The lowest BCUT2D eigenvalue weighted by atomic mass is 10.6. The predicted octanol–water partition coefficient (Wildman–Crippen LogP) is 1.20. The zero-order valence-electron chi connectivity index (χ0n) is 5.23. The first-order valence-corrected chi connectivity index (χ1v) is 2.67. The Morgan fingerprint density at radius 1 is 1.75 bits per heavy atom. The zero-order valence-corrected chi connectivity index (χ0v) is 5.23. The number of hydrogen-bond donors (Lipinski definition) is 1. The third kappa shape index (κ3) is 0.735. The van der Waals surface area contributed by atoms with Crippen LogP contribution in [0.15, 0.2) is 11.3 Å². The summed E-state index contributed by atoms with van der Waals surface area (Å²) in [5.74, 6) is 0. The van der Waals surface area contributed by atoms with Gasteiger partial charge in [-0.15, -0.1) is 0 Å². The Bertz CT molecular complexity index is 147. The van der Waals surface area contributed by atoms with Gasteiger partial charge in [-0.05, 0) is 12.5 Å². The lowest BCUT2D eigenvalue weighted by Gasteiger charge is -2.03. The van der Waals surface area contributed by atoms with Crippen LogP contribution in [-0.4, -0.2) is 18.3 Å². The van der Waals surface area contributed by atoms with Crippen molar-refractivity contribution in [1.29, 1.82) is 5.41 Å². The maximum atomic E-state index is 6.84. The second-order valence-corrected chi connectivity index (χ2v) is 2.14. The largest absolute Gasteiger partial charge is 0.339 e. The normalized spacial score (nSPS) is 16.2. The molecule has 0 amide bonds. The highest BCUT2D eigenvalue weighted by atomic mass is 15.1. The molecule has 0 bridgehead atoms. The van der Waals surface area contributed by atoms with Gasteiger partial charge in [-0.1, -0.05) is 0 Å². The van der Waals surface area contributed by atoms with Crippen molar-refractivity contribution < 1.29 is 0 Å². The topological polar surface area (TPSA) is 27.1 Å². The van der Waals surface area contributed by atoms with Gasteiger partial charge >= 0.3 is 0 Å². The van der Waals surface area contributed by atoms with E-state index in [9.17, 15) is 0 Å². The first-order valence-electron chi connectivity index (χ1n) is 2.67. The molecule has 0 unspecified atom stereocenters. The van der Waals surface area contributed by atoms with E-state index in [-0.39, 0.29) is 0 Å². The molecule has 2 nitrogen and oxygen atoms in total. The highest BCUT2D eigenvalue weighted by molar-refractivity contribution is 5.57. The summed E-state index contributed by atoms with van der Waals surface area (Å²) in [6, 6.07) is 0. The van der Waals surface area contributed by atoms with Crippen LogP contribution in [-0.2, 0) is 0 Å². The average Bonchev–Trinajstić information content (AvgIpc) is 2.45. The van der Waals surface area contributed by atoms with Crippen molar-refractivity contribution in [2.75, 3.05) is 7.05 Å². The van der Waals surface area contributed by atoms with E-state index in [1.807, 2.05) is 11.9 Å². The second-order valence-electron chi connectivity index (χ2n) is 2.14. The minimum atomic E-state index is 1.10. The van der Waals surface area contributed by atoms with E-state index in [4.69, 9.17) is 5.41 Å². The molecule has 1 aliphatic rings. The van der Waals surface area contributed by atoms with Crippen LogP contribution in [0.4, 0.5) is 0 Å². The van der Waals surface area contributed by atoms with E-state index in [1.165, 1.54) is 17.6 Å². The van der Waals surface area contributed by atoms with E-state index in [2.05, 4.69) is 6.92 Å². The van der Waals surface area contributed by atoms with Crippen molar-refractivity contribution in [3.05, 3.63) is 11.3 Å². The summed E-state index contributed by atoms with van der Waals surface area (Å²) in [6.07, 6.45) is 2.44. The monoisotopic (exact) mass is 110 g/mol. The summed E-state index contributed by atoms with van der Waals surface area (Å²) in [7, 11) is 1.90. The van der Waals surface area contributed by atoms with Gasteiger partial charge in [0.15, 0.2) is 0 Å². The van der Waals surface area contributed by atoms with Crippen LogP contribution >= 0.6 is 0 Å². The minimum absolute atomic E-state index is 1.10. The number of allylic oxidation sites excluding steroid dienone is 2. The number of rotatable bonds is 2. The molecule has 0 saturated heterocycles. The molecule has 0 radical (unpaired) electrons. The Morgan fingerprint density at radius 3 is 2.38 bits per heavy atom. The molecule has 1 aliphatic carbocycles. The highest BCUT2D eigenvalue weighted by Gasteiger charge is 2.18. The second kappa shape index (κ2) is 1.62.